The van der Waals surface area contributed by atoms with Crippen molar-refractivity contribution < 1.29 is 14.4 Å². The van der Waals surface area contributed by atoms with E-state index in [1.165, 1.54) is 4.90 Å². The normalized spacial score (nSPS) is 21.1. The SMILES string of the molecule is CC1=CC[C@@H]2C(=O)N(c3ccccc3C(=O)Nc3cccc(C)c3C)C(=O)[C@@H]2C1. The van der Waals surface area contributed by atoms with Gasteiger partial charge in [0.1, 0.15) is 0 Å². The molecule has 0 radical (unpaired) electrons. The zero-order valence-corrected chi connectivity index (χ0v) is 16.9. The van der Waals surface area contributed by atoms with Crippen molar-refractivity contribution in [3.8, 4) is 0 Å². The highest BCUT2D eigenvalue weighted by Gasteiger charge is 2.49. The monoisotopic (exact) mass is 388 g/mol. The van der Waals surface area contributed by atoms with Crippen LogP contribution in [0, 0.1) is 25.7 Å². The maximum absolute atomic E-state index is 13.1. The molecule has 29 heavy (non-hydrogen) atoms. The predicted octanol–water partition coefficient (Wildman–Crippen LogP) is 4.40. The molecular weight excluding hydrogens is 364 g/mol. The summed E-state index contributed by atoms with van der Waals surface area (Å²) < 4.78 is 0. The molecule has 2 aromatic rings. The Morgan fingerprint density at radius 2 is 1.69 bits per heavy atom. The first kappa shape index (κ1) is 19.1. The minimum Gasteiger partial charge on any atom is -0.322 e. The van der Waals surface area contributed by atoms with E-state index in [-0.39, 0.29) is 29.6 Å². The molecule has 1 heterocycles. The average Bonchev–Trinajstić information content (AvgIpc) is 2.95. The lowest BCUT2D eigenvalue weighted by Gasteiger charge is -2.19. The Labute approximate surface area is 170 Å². The van der Waals surface area contributed by atoms with Gasteiger partial charge in [-0.1, -0.05) is 35.9 Å². The first-order valence-corrected chi connectivity index (χ1v) is 9.88. The maximum atomic E-state index is 13.1. The van der Waals surface area contributed by atoms with Crippen LogP contribution in [0.4, 0.5) is 11.4 Å². The number of carbonyl (C=O) groups excluding carboxylic acids is 3. The largest absolute Gasteiger partial charge is 0.322 e. The van der Waals surface area contributed by atoms with Gasteiger partial charge >= 0.3 is 0 Å². The van der Waals surface area contributed by atoms with Gasteiger partial charge in [-0.2, -0.15) is 0 Å². The van der Waals surface area contributed by atoms with E-state index in [0.717, 1.165) is 22.4 Å². The number of anilines is 2. The summed E-state index contributed by atoms with van der Waals surface area (Å²) in [5, 5.41) is 2.93. The van der Waals surface area contributed by atoms with Gasteiger partial charge in [-0.15, -0.1) is 0 Å². The number of hydrogen-bond acceptors (Lipinski definition) is 3. The van der Waals surface area contributed by atoms with Crippen molar-refractivity contribution in [3.05, 3.63) is 70.8 Å². The number of nitrogens with zero attached hydrogens (tertiary/aromatic N) is 1. The maximum Gasteiger partial charge on any atom is 0.257 e. The Balaban J connectivity index is 1.67. The Kier molecular flexibility index (Phi) is 4.82. The van der Waals surface area contributed by atoms with E-state index >= 15 is 0 Å². The molecule has 1 fully saturated rings. The van der Waals surface area contributed by atoms with Crippen LogP contribution >= 0.6 is 0 Å². The van der Waals surface area contributed by atoms with Crippen LogP contribution in [0.25, 0.3) is 0 Å². The number of hydrogen-bond donors (Lipinski definition) is 1. The van der Waals surface area contributed by atoms with Crippen LogP contribution in [0.3, 0.4) is 0 Å². The van der Waals surface area contributed by atoms with Crippen LogP contribution in [0.15, 0.2) is 54.1 Å². The highest BCUT2D eigenvalue weighted by molar-refractivity contribution is 6.25. The fraction of sp³-hybridized carbons (Fsp3) is 0.292. The van der Waals surface area contributed by atoms with Crippen LogP contribution in [0.5, 0.6) is 0 Å². The molecule has 0 spiro atoms. The molecule has 2 atom stereocenters. The smallest absolute Gasteiger partial charge is 0.257 e. The van der Waals surface area contributed by atoms with Crippen LogP contribution in [0.2, 0.25) is 0 Å². The van der Waals surface area contributed by atoms with Gasteiger partial charge in [0.15, 0.2) is 0 Å². The number of allylic oxidation sites excluding steroid dienone is 2. The summed E-state index contributed by atoms with van der Waals surface area (Å²) in [7, 11) is 0. The second kappa shape index (κ2) is 7.32. The van der Waals surface area contributed by atoms with E-state index in [4.69, 9.17) is 0 Å². The lowest BCUT2D eigenvalue weighted by atomic mass is 9.82. The fourth-order valence-electron chi connectivity index (χ4n) is 4.21. The van der Waals surface area contributed by atoms with Gasteiger partial charge < -0.3 is 5.32 Å². The number of imide groups is 1. The van der Waals surface area contributed by atoms with Gasteiger partial charge in [0, 0.05) is 5.69 Å². The fourth-order valence-corrected chi connectivity index (χ4v) is 4.21. The number of aryl methyl sites for hydroxylation is 1. The number of nitrogens with one attached hydrogen (secondary N) is 1. The van der Waals surface area contributed by atoms with Gasteiger partial charge in [0.05, 0.1) is 23.1 Å². The molecule has 2 aromatic carbocycles. The molecule has 0 aromatic heterocycles. The molecule has 1 aliphatic heterocycles. The average molecular weight is 388 g/mol. The first-order valence-electron chi connectivity index (χ1n) is 9.88. The van der Waals surface area contributed by atoms with Crippen LogP contribution in [-0.4, -0.2) is 17.7 Å². The standard InChI is InChI=1S/C24H24N2O3/c1-14-11-12-17-19(13-14)24(29)26(23(17)28)21-10-5-4-8-18(21)22(27)25-20-9-6-7-15(2)16(20)3/h4-11,17,19H,12-13H2,1-3H3,(H,25,27)/t17-,19+/m0/s1. The summed E-state index contributed by atoms with van der Waals surface area (Å²) in [5.41, 5.74) is 4.59. The minimum absolute atomic E-state index is 0.209. The summed E-state index contributed by atoms with van der Waals surface area (Å²) in [6.45, 7) is 5.92. The van der Waals surface area contributed by atoms with Gasteiger partial charge in [-0.05, 0) is 62.9 Å². The molecule has 4 rings (SSSR count). The van der Waals surface area contributed by atoms with Gasteiger partial charge in [-0.3, -0.25) is 14.4 Å². The third kappa shape index (κ3) is 3.27. The molecule has 1 N–H and O–H groups in total. The zero-order valence-electron chi connectivity index (χ0n) is 16.9. The van der Waals surface area contributed by atoms with E-state index in [9.17, 15) is 14.4 Å². The number of para-hydroxylation sites is 1. The molecule has 3 amide bonds. The molecule has 1 saturated heterocycles. The quantitative estimate of drug-likeness (QED) is 0.626. The Hall–Kier alpha value is -3.21. The van der Waals surface area contributed by atoms with Crippen molar-refractivity contribution in [2.45, 2.75) is 33.6 Å². The summed E-state index contributed by atoms with van der Waals surface area (Å²) in [6, 6.07) is 12.5. The Bertz CT molecular complexity index is 1050. The molecule has 0 unspecified atom stereocenters. The number of fused-ring (bicyclic) bond motifs is 1. The summed E-state index contributed by atoms with van der Waals surface area (Å²) in [6.07, 6.45) is 3.21. The number of amides is 3. The van der Waals surface area contributed by atoms with Crippen molar-refractivity contribution in [2.24, 2.45) is 11.8 Å². The second-order valence-corrected chi connectivity index (χ2v) is 7.93. The van der Waals surface area contributed by atoms with Crippen molar-refractivity contribution >= 4 is 29.1 Å². The summed E-state index contributed by atoms with van der Waals surface area (Å²) >= 11 is 0. The number of benzene rings is 2. The summed E-state index contributed by atoms with van der Waals surface area (Å²) in [5.74, 6) is -1.42. The van der Waals surface area contributed by atoms with E-state index in [2.05, 4.69) is 5.32 Å². The molecule has 5 heteroatoms. The zero-order chi connectivity index (χ0) is 20.7. The van der Waals surface area contributed by atoms with Crippen molar-refractivity contribution in [3.63, 3.8) is 0 Å². The highest BCUT2D eigenvalue weighted by atomic mass is 16.2. The minimum atomic E-state index is -0.334. The summed E-state index contributed by atoms with van der Waals surface area (Å²) in [4.78, 5) is 40.4. The van der Waals surface area contributed by atoms with E-state index in [1.807, 2.05) is 45.0 Å². The first-order chi connectivity index (χ1) is 13.9. The molecule has 2 aliphatic rings. The number of rotatable bonds is 3. The van der Waals surface area contributed by atoms with E-state index in [0.29, 0.717) is 24.1 Å². The predicted molar refractivity (Wildman–Crippen MR) is 113 cm³/mol. The topological polar surface area (TPSA) is 66.5 Å². The molecule has 0 saturated carbocycles. The Morgan fingerprint density at radius 1 is 0.966 bits per heavy atom. The molecule has 148 valence electrons. The van der Waals surface area contributed by atoms with Crippen molar-refractivity contribution in [1.29, 1.82) is 0 Å². The van der Waals surface area contributed by atoms with Crippen LogP contribution in [0.1, 0.15) is 41.3 Å². The highest BCUT2D eigenvalue weighted by Crippen LogP contribution is 2.40. The number of carbonyl (C=O) groups is 3. The van der Waals surface area contributed by atoms with E-state index < -0.39 is 0 Å². The van der Waals surface area contributed by atoms with Gasteiger partial charge in [0.2, 0.25) is 11.8 Å². The molecule has 1 aliphatic carbocycles. The Morgan fingerprint density at radius 3 is 2.48 bits per heavy atom. The molecule has 0 bridgehead atoms. The van der Waals surface area contributed by atoms with E-state index in [1.54, 1.807) is 24.3 Å². The van der Waals surface area contributed by atoms with Gasteiger partial charge in [0.25, 0.3) is 5.91 Å². The second-order valence-electron chi connectivity index (χ2n) is 7.93. The third-order valence-corrected chi connectivity index (χ3v) is 6.07. The van der Waals surface area contributed by atoms with Crippen LogP contribution < -0.4 is 10.2 Å². The van der Waals surface area contributed by atoms with Gasteiger partial charge in [-0.25, -0.2) is 4.90 Å². The van der Waals surface area contributed by atoms with Crippen molar-refractivity contribution in [2.75, 3.05) is 10.2 Å². The third-order valence-electron chi connectivity index (χ3n) is 6.07. The lowest BCUT2D eigenvalue weighted by molar-refractivity contribution is -0.122. The molecular formula is C24H24N2O3. The van der Waals surface area contributed by atoms with Crippen molar-refractivity contribution in [1.82, 2.24) is 0 Å². The lowest BCUT2D eigenvalue weighted by Crippen LogP contribution is -2.33. The molecule has 5 nitrogen and oxygen atoms in total. The van der Waals surface area contributed by atoms with Crippen LogP contribution in [-0.2, 0) is 9.59 Å².